The van der Waals surface area contributed by atoms with Crippen LogP contribution in [0.5, 0.6) is 17.2 Å². The van der Waals surface area contributed by atoms with Crippen LogP contribution in [0.4, 0.5) is 0 Å². The van der Waals surface area contributed by atoms with E-state index in [2.05, 4.69) is 4.98 Å². The van der Waals surface area contributed by atoms with E-state index < -0.39 is 17.7 Å². The lowest BCUT2D eigenvalue weighted by Crippen LogP contribution is -2.29. The molecule has 1 fully saturated rings. The van der Waals surface area contributed by atoms with E-state index in [-0.39, 0.29) is 34.9 Å². The smallest absolute Gasteiger partial charge is 0.295 e. The second-order valence-corrected chi connectivity index (χ2v) is 7.45. The van der Waals surface area contributed by atoms with Crippen LogP contribution in [0.1, 0.15) is 22.7 Å². The monoisotopic (exact) mass is 446 g/mol. The minimum atomic E-state index is -0.927. The van der Waals surface area contributed by atoms with Crippen molar-refractivity contribution in [3.63, 3.8) is 0 Å². The number of pyridine rings is 1. The van der Waals surface area contributed by atoms with Crippen molar-refractivity contribution >= 4 is 17.4 Å². The highest BCUT2D eigenvalue weighted by Gasteiger charge is 2.46. The molecule has 8 nitrogen and oxygen atoms in total. The third kappa shape index (κ3) is 4.10. The van der Waals surface area contributed by atoms with E-state index in [9.17, 15) is 19.8 Å². The Morgan fingerprint density at radius 1 is 1.06 bits per heavy atom. The van der Waals surface area contributed by atoms with Gasteiger partial charge in [0.05, 0.1) is 31.4 Å². The van der Waals surface area contributed by atoms with Crippen molar-refractivity contribution < 1.29 is 29.3 Å². The predicted octanol–water partition coefficient (Wildman–Crippen LogP) is 3.43. The Balaban J connectivity index is 1.90. The van der Waals surface area contributed by atoms with Crippen LogP contribution < -0.4 is 9.47 Å². The Morgan fingerprint density at radius 3 is 2.55 bits per heavy atom. The number of aromatic nitrogens is 1. The van der Waals surface area contributed by atoms with Gasteiger partial charge in [0.1, 0.15) is 23.0 Å². The van der Waals surface area contributed by atoms with Gasteiger partial charge in [0.25, 0.3) is 11.7 Å². The molecule has 0 radical (unpaired) electrons. The minimum absolute atomic E-state index is 0.0264. The van der Waals surface area contributed by atoms with Crippen LogP contribution in [0.3, 0.4) is 0 Å². The Bertz CT molecular complexity index is 1240. The normalized spacial score (nSPS) is 17.3. The van der Waals surface area contributed by atoms with Gasteiger partial charge in [-0.15, -0.1) is 0 Å². The van der Waals surface area contributed by atoms with Crippen molar-refractivity contribution in [2.45, 2.75) is 12.6 Å². The molecular weight excluding hydrogens is 424 g/mol. The number of aliphatic hydroxyl groups is 1. The molecule has 0 aliphatic carbocycles. The Hall–Kier alpha value is -4.33. The summed E-state index contributed by atoms with van der Waals surface area (Å²) in [5.74, 6) is -1.22. The molecule has 1 aromatic heterocycles. The minimum Gasteiger partial charge on any atom is -0.508 e. The SMILES string of the molecule is COc1ccc(/C(O)=C2/C(=O)C(=O)N(Cc3cccnc3)C2c2cccc(O)c2)c(OC)c1. The molecule has 0 bridgehead atoms. The van der Waals surface area contributed by atoms with Gasteiger partial charge < -0.3 is 24.6 Å². The van der Waals surface area contributed by atoms with Crippen LogP contribution in [0.2, 0.25) is 0 Å². The molecular formula is C25H22N2O6. The number of likely N-dealkylation sites (tertiary alicyclic amines) is 1. The molecule has 1 saturated heterocycles. The summed E-state index contributed by atoms with van der Waals surface area (Å²) in [5, 5.41) is 21.3. The predicted molar refractivity (Wildman–Crippen MR) is 120 cm³/mol. The quantitative estimate of drug-likeness (QED) is 0.339. The number of phenolic OH excluding ortho intramolecular Hbond substituents is 1. The lowest BCUT2D eigenvalue weighted by molar-refractivity contribution is -0.140. The zero-order valence-electron chi connectivity index (χ0n) is 18.1. The molecule has 3 aromatic rings. The first-order valence-electron chi connectivity index (χ1n) is 10.1. The number of Topliss-reactive ketones (excluding diaryl/α,β-unsaturated/α-hetero) is 1. The van der Waals surface area contributed by atoms with E-state index in [1.807, 2.05) is 0 Å². The van der Waals surface area contributed by atoms with Crippen LogP contribution >= 0.6 is 0 Å². The number of aliphatic hydroxyl groups excluding tert-OH is 1. The number of benzene rings is 2. The largest absolute Gasteiger partial charge is 0.508 e. The number of carbonyl (C=O) groups excluding carboxylic acids is 2. The molecule has 168 valence electrons. The van der Waals surface area contributed by atoms with E-state index in [0.29, 0.717) is 16.9 Å². The lowest BCUT2D eigenvalue weighted by Gasteiger charge is -2.25. The van der Waals surface area contributed by atoms with Crippen LogP contribution in [-0.4, -0.2) is 46.0 Å². The Kier molecular flexibility index (Phi) is 5.99. The average molecular weight is 446 g/mol. The van der Waals surface area contributed by atoms with E-state index in [1.54, 1.807) is 54.9 Å². The third-order valence-electron chi connectivity index (χ3n) is 5.47. The number of aromatic hydroxyl groups is 1. The molecule has 2 heterocycles. The molecule has 1 aliphatic heterocycles. The van der Waals surface area contributed by atoms with Crippen molar-refractivity contribution in [2.75, 3.05) is 14.2 Å². The number of methoxy groups -OCH3 is 2. The van der Waals surface area contributed by atoms with Crippen molar-refractivity contribution in [3.05, 3.63) is 89.3 Å². The van der Waals surface area contributed by atoms with Crippen LogP contribution in [0, 0.1) is 0 Å². The van der Waals surface area contributed by atoms with Gasteiger partial charge in [-0.25, -0.2) is 0 Å². The summed E-state index contributed by atoms with van der Waals surface area (Å²) < 4.78 is 10.6. The molecule has 8 heteroatoms. The molecule has 0 spiro atoms. The van der Waals surface area contributed by atoms with Gasteiger partial charge in [-0.1, -0.05) is 18.2 Å². The summed E-state index contributed by atoms with van der Waals surface area (Å²) >= 11 is 0. The van der Waals surface area contributed by atoms with Crippen LogP contribution in [0.25, 0.3) is 5.76 Å². The molecule has 33 heavy (non-hydrogen) atoms. The highest BCUT2D eigenvalue weighted by molar-refractivity contribution is 6.46. The van der Waals surface area contributed by atoms with Crippen molar-refractivity contribution in [2.24, 2.45) is 0 Å². The van der Waals surface area contributed by atoms with Crippen molar-refractivity contribution in [3.8, 4) is 17.2 Å². The summed E-state index contributed by atoms with van der Waals surface area (Å²) in [6.07, 6.45) is 3.21. The van der Waals surface area contributed by atoms with E-state index in [4.69, 9.17) is 9.47 Å². The maximum atomic E-state index is 13.2. The molecule has 1 atom stereocenters. The number of hydrogen-bond acceptors (Lipinski definition) is 7. The summed E-state index contributed by atoms with van der Waals surface area (Å²) in [4.78, 5) is 31.7. The maximum absolute atomic E-state index is 13.2. The first-order valence-corrected chi connectivity index (χ1v) is 10.1. The van der Waals surface area contributed by atoms with Gasteiger partial charge in [0.2, 0.25) is 0 Å². The fraction of sp³-hybridized carbons (Fsp3) is 0.160. The zero-order valence-corrected chi connectivity index (χ0v) is 18.1. The molecule has 2 N–H and O–H groups in total. The van der Waals surface area contributed by atoms with Gasteiger partial charge >= 0.3 is 0 Å². The number of nitrogens with zero attached hydrogens (tertiary/aromatic N) is 2. The Labute approximate surface area is 190 Å². The first-order chi connectivity index (χ1) is 15.9. The number of phenols is 1. The Morgan fingerprint density at radius 2 is 1.88 bits per heavy atom. The van der Waals surface area contributed by atoms with Gasteiger partial charge in [-0.05, 0) is 41.5 Å². The highest BCUT2D eigenvalue weighted by Crippen LogP contribution is 2.42. The van der Waals surface area contributed by atoms with Gasteiger partial charge in [-0.3, -0.25) is 14.6 Å². The molecule has 1 aliphatic rings. The topological polar surface area (TPSA) is 109 Å². The van der Waals surface area contributed by atoms with Crippen molar-refractivity contribution in [1.82, 2.24) is 9.88 Å². The maximum Gasteiger partial charge on any atom is 0.295 e. The number of rotatable bonds is 6. The van der Waals surface area contributed by atoms with Gasteiger partial charge in [0.15, 0.2) is 0 Å². The molecule has 0 saturated carbocycles. The molecule has 1 unspecified atom stereocenters. The standard InChI is InChI=1S/C25H22N2O6/c1-32-18-8-9-19(20(12-18)33-2)23(29)21-22(16-6-3-7-17(28)11-16)27(25(31)24(21)30)14-15-5-4-10-26-13-15/h3-13,22,28-29H,14H2,1-2H3/b23-21-. The van der Waals surface area contributed by atoms with E-state index in [1.165, 1.54) is 31.3 Å². The zero-order chi connectivity index (χ0) is 23.5. The number of amides is 1. The van der Waals surface area contributed by atoms with Gasteiger partial charge in [-0.2, -0.15) is 0 Å². The summed E-state index contributed by atoms with van der Waals surface area (Å²) in [6, 6.07) is 13.6. The second-order valence-electron chi connectivity index (χ2n) is 7.45. The fourth-order valence-corrected chi connectivity index (χ4v) is 3.91. The van der Waals surface area contributed by atoms with Crippen LogP contribution in [-0.2, 0) is 16.1 Å². The molecule has 4 rings (SSSR count). The second kappa shape index (κ2) is 9.04. The lowest BCUT2D eigenvalue weighted by atomic mass is 9.94. The summed E-state index contributed by atoms with van der Waals surface area (Å²) in [5.41, 5.74) is 1.33. The number of ketones is 1. The van der Waals surface area contributed by atoms with Gasteiger partial charge in [0, 0.05) is 25.0 Å². The average Bonchev–Trinajstić information content (AvgIpc) is 3.08. The number of carbonyl (C=O) groups is 2. The summed E-state index contributed by atoms with van der Waals surface area (Å²) in [7, 11) is 2.93. The third-order valence-corrected chi connectivity index (χ3v) is 5.47. The molecule has 1 amide bonds. The van der Waals surface area contributed by atoms with Crippen LogP contribution in [0.15, 0.2) is 72.6 Å². The number of hydrogen-bond donors (Lipinski definition) is 2. The summed E-state index contributed by atoms with van der Waals surface area (Å²) in [6.45, 7) is 0.0925. The van der Waals surface area contributed by atoms with E-state index >= 15 is 0 Å². The molecule has 2 aromatic carbocycles. The van der Waals surface area contributed by atoms with Crippen molar-refractivity contribution in [1.29, 1.82) is 0 Å². The first kappa shape index (κ1) is 21.9. The fourth-order valence-electron chi connectivity index (χ4n) is 3.91. The number of ether oxygens (including phenoxy) is 2. The highest BCUT2D eigenvalue weighted by atomic mass is 16.5. The van der Waals surface area contributed by atoms with E-state index in [0.717, 1.165) is 0 Å².